The first kappa shape index (κ1) is 19.0. The van der Waals surface area contributed by atoms with Crippen molar-refractivity contribution >= 4 is 35.4 Å². The molecule has 0 bridgehead atoms. The van der Waals surface area contributed by atoms with E-state index >= 15 is 0 Å². The lowest BCUT2D eigenvalue weighted by atomic mass is 10.1. The molecule has 1 aliphatic heterocycles. The lowest BCUT2D eigenvalue weighted by Crippen LogP contribution is -2.22. The van der Waals surface area contributed by atoms with E-state index in [0.29, 0.717) is 6.20 Å². The summed E-state index contributed by atoms with van der Waals surface area (Å²) in [5.74, 6) is -0.425. The van der Waals surface area contributed by atoms with Gasteiger partial charge >= 0.3 is 6.18 Å². The summed E-state index contributed by atoms with van der Waals surface area (Å²) in [7, 11) is 3.44. The van der Waals surface area contributed by atoms with E-state index in [1.54, 1.807) is 19.0 Å². The predicted molar refractivity (Wildman–Crippen MR) is 86.8 cm³/mol. The Labute approximate surface area is 146 Å². The van der Waals surface area contributed by atoms with Crippen molar-refractivity contribution in [3.63, 3.8) is 0 Å². The maximum atomic E-state index is 12.6. The molecule has 2 heterocycles. The van der Waals surface area contributed by atoms with Gasteiger partial charge in [0, 0.05) is 26.7 Å². The number of aliphatic imine (C=N–C) groups is 1. The van der Waals surface area contributed by atoms with Gasteiger partial charge in [0.15, 0.2) is 11.8 Å². The number of oxime groups is 1. The van der Waals surface area contributed by atoms with Crippen molar-refractivity contribution in [1.29, 1.82) is 0 Å². The highest BCUT2D eigenvalue weighted by molar-refractivity contribution is 6.40. The SMILES string of the molecule is CN(C)C=NC(=O)C1=NO[C@@H](CNc2ncc(C(F)(F)F)cc2Cl)C1. The van der Waals surface area contributed by atoms with Gasteiger partial charge in [-0.3, -0.25) is 4.79 Å². The number of carbonyl (C=O) groups excluding carboxylic acids is 1. The molecular weight excluding hydrogens is 363 g/mol. The van der Waals surface area contributed by atoms with Gasteiger partial charge in [0.1, 0.15) is 5.82 Å². The van der Waals surface area contributed by atoms with Crippen molar-refractivity contribution in [2.24, 2.45) is 10.1 Å². The molecular formula is C14H15ClF3N5O2. The van der Waals surface area contributed by atoms with Crippen molar-refractivity contribution in [3.8, 4) is 0 Å². The quantitative estimate of drug-likeness (QED) is 0.629. The zero-order valence-corrected chi connectivity index (χ0v) is 14.1. The summed E-state index contributed by atoms with van der Waals surface area (Å²) in [6, 6.07) is 0.786. The van der Waals surface area contributed by atoms with E-state index in [9.17, 15) is 18.0 Å². The van der Waals surface area contributed by atoms with Crippen molar-refractivity contribution in [2.75, 3.05) is 26.0 Å². The minimum absolute atomic E-state index is 0.0867. The highest BCUT2D eigenvalue weighted by atomic mass is 35.5. The number of amides is 1. The third kappa shape index (κ3) is 5.31. The molecule has 1 amide bonds. The highest BCUT2D eigenvalue weighted by Gasteiger charge is 2.32. The van der Waals surface area contributed by atoms with Gasteiger partial charge in [0.05, 0.1) is 23.5 Å². The molecule has 0 saturated carbocycles. The number of hydrogen-bond acceptors (Lipinski definition) is 5. The molecule has 1 aromatic heterocycles. The summed E-state index contributed by atoms with van der Waals surface area (Å²) in [6.45, 7) is 0.162. The Hall–Kier alpha value is -2.36. The molecule has 1 N–H and O–H groups in total. The Bertz CT molecular complexity index is 706. The van der Waals surface area contributed by atoms with E-state index in [-0.39, 0.29) is 29.5 Å². The predicted octanol–water partition coefficient (Wildman–Crippen LogP) is 2.43. The number of carbonyl (C=O) groups is 1. The first-order valence-electron chi connectivity index (χ1n) is 7.11. The molecule has 7 nitrogen and oxygen atoms in total. The minimum atomic E-state index is -4.51. The molecule has 2 rings (SSSR count). The van der Waals surface area contributed by atoms with Gasteiger partial charge in [-0.25, -0.2) is 4.98 Å². The number of nitrogens with one attached hydrogen (secondary N) is 1. The van der Waals surface area contributed by atoms with Crippen LogP contribution in [-0.2, 0) is 15.8 Å². The zero-order chi connectivity index (χ0) is 18.6. The van der Waals surface area contributed by atoms with Crippen LogP contribution in [0.2, 0.25) is 5.02 Å². The Balaban J connectivity index is 1.89. The monoisotopic (exact) mass is 377 g/mol. The van der Waals surface area contributed by atoms with Crippen LogP contribution in [0.15, 0.2) is 22.4 Å². The summed E-state index contributed by atoms with van der Waals surface area (Å²) in [6.07, 6.45) is -2.74. The summed E-state index contributed by atoms with van der Waals surface area (Å²) in [5.41, 5.74) is -0.772. The molecule has 1 atom stereocenters. The van der Waals surface area contributed by atoms with Crippen LogP contribution < -0.4 is 5.32 Å². The lowest BCUT2D eigenvalue weighted by molar-refractivity contribution is -0.137. The second kappa shape index (κ2) is 7.68. The standard InChI is InChI=1S/C14H15ClF3N5O2/c1-23(2)7-21-13(24)11-4-9(25-22-11)6-20-12-10(15)3-8(5-19-12)14(16,17)18/h3,5,7,9H,4,6H2,1-2H3,(H,19,20)/t9-/m1/s1. The largest absolute Gasteiger partial charge is 0.417 e. The normalized spacial score (nSPS) is 17.4. The van der Waals surface area contributed by atoms with E-state index in [2.05, 4.69) is 20.4 Å². The van der Waals surface area contributed by atoms with E-state index in [1.165, 1.54) is 6.34 Å². The van der Waals surface area contributed by atoms with Gasteiger partial charge in [0.25, 0.3) is 5.91 Å². The van der Waals surface area contributed by atoms with E-state index in [1.807, 2.05) is 0 Å². The lowest BCUT2D eigenvalue weighted by Gasteiger charge is -2.13. The number of rotatable bonds is 5. The number of anilines is 1. The number of hydrogen-bond donors (Lipinski definition) is 1. The number of aromatic nitrogens is 1. The Morgan fingerprint density at radius 3 is 2.88 bits per heavy atom. The summed E-state index contributed by atoms with van der Waals surface area (Å²) >= 11 is 5.80. The van der Waals surface area contributed by atoms with Gasteiger partial charge in [-0.05, 0) is 6.07 Å². The molecule has 0 aromatic carbocycles. The molecule has 0 saturated heterocycles. The molecule has 1 aliphatic rings. The number of pyridine rings is 1. The second-order valence-corrected chi connectivity index (χ2v) is 5.82. The second-order valence-electron chi connectivity index (χ2n) is 5.42. The molecule has 25 heavy (non-hydrogen) atoms. The summed E-state index contributed by atoms with van der Waals surface area (Å²) in [5, 5.41) is 6.28. The molecule has 0 aliphatic carbocycles. The van der Waals surface area contributed by atoms with Crippen LogP contribution in [0, 0.1) is 0 Å². The van der Waals surface area contributed by atoms with Gasteiger partial charge in [-0.15, -0.1) is 0 Å². The smallest absolute Gasteiger partial charge is 0.390 e. The minimum Gasteiger partial charge on any atom is -0.390 e. The van der Waals surface area contributed by atoms with Crippen LogP contribution in [0.25, 0.3) is 0 Å². The van der Waals surface area contributed by atoms with Crippen LogP contribution in [-0.4, -0.2) is 54.6 Å². The first-order valence-corrected chi connectivity index (χ1v) is 7.49. The van der Waals surface area contributed by atoms with E-state index < -0.39 is 23.8 Å². The van der Waals surface area contributed by atoms with Crippen LogP contribution in [0.5, 0.6) is 0 Å². The average molecular weight is 378 g/mol. The Kier molecular flexibility index (Phi) is 5.83. The van der Waals surface area contributed by atoms with E-state index in [0.717, 1.165) is 6.07 Å². The molecule has 136 valence electrons. The fraction of sp³-hybridized carbons (Fsp3) is 0.429. The van der Waals surface area contributed by atoms with Crippen molar-refractivity contribution in [3.05, 3.63) is 22.8 Å². The van der Waals surface area contributed by atoms with Crippen molar-refractivity contribution in [2.45, 2.75) is 18.7 Å². The topological polar surface area (TPSA) is 79.2 Å². The van der Waals surface area contributed by atoms with Crippen molar-refractivity contribution in [1.82, 2.24) is 9.88 Å². The fourth-order valence-electron chi connectivity index (χ4n) is 1.84. The molecule has 0 radical (unpaired) electrons. The Morgan fingerprint density at radius 1 is 1.56 bits per heavy atom. The zero-order valence-electron chi connectivity index (χ0n) is 13.3. The average Bonchev–Trinajstić information content (AvgIpc) is 2.99. The van der Waals surface area contributed by atoms with Crippen LogP contribution in [0.1, 0.15) is 12.0 Å². The third-order valence-corrected chi connectivity index (χ3v) is 3.34. The van der Waals surface area contributed by atoms with E-state index in [4.69, 9.17) is 16.4 Å². The van der Waals surface area contributed by atoms with Gasteiger partial charge < -0.3 is 15.1 Å². The summed E-state index contributed by atoms with van der Waals surface area (Å²) < 4.78 is 37.7. The maximum Gasteiger partial charge on any atom is 0.417 e. The fourth-order valence-corrected chi connectivity index (χ4v) is 2.07. The van der Waals surface area contributed by atoms with Gasteiger partial charge in [-0.1, -0.05) is 16.8 Å². The molecule has 1 aromatic rings. The molecule has 0 unspecified atom stereocenters. The summed E-state index contributed by atoms with van der Waals surface area (Å²) in [4.78, 5) is 25.8. The molecule has 0 fully saturated rings. The highest BCUT2D eigenvalue weighted by Crippen LogP contribution is 2.32. The third-order valence-electron chi connectivity index (χ3n) is 3.05. The number of nitrogens with zero attached hydrogens (tertiary/aromatic N) is 4. The molecule has 0 spiro atoms. The first-order chi connectivity index (χ1) is 11.7. The van der Waals surface area contributed by atoms with Crippen LogP contribution >= 0.6 is 11.6 Å². The molecule has 11 heteroatoms. The number of halogens is 4. The van der Waals surface area contributed by atoms with Crippen molar-refractivity contribution < 1.29 is 22.8 Å². The maximum absolute atomic E-state index is 12.6. The van der Waals surface area contributed by atoms with Gasteiger partial charge in [0.2, 0.25) is 0 Å². The Morgan fingerprint density at radius 2 is 2.28 bits per heavy atom. The van der Waals surface area contributed by atoms with Crippen LogP contribution in [0.3, 0.4) is 0 Å². The van der Waals surface area contributed by atoms with Crippen LogP contribution in [0.4, 0.5) is 19.0 Å². The van der Waals surface area contributed by atoms with Gasteiger partial charge in [-0.2, -0.15) is 18.2 Å². The number of alkyl halides is 3.